The molecule has 2 N–H and O–H groups in total. The third-order valence-corrected chi connectivity index (χ3v) is 5.31. The Bertz CT molecular complexity index is 1030. The van der Waals surface area contributed by atoms with Crippen LogP contribution in [-0.2, 0) is 16.0 Å². The zero-order valence-electron chi connectivity index (χ0n) is 16.3. The van der Waals surface area contributed by atoms with Crippen LogP contribution in [0, 0.1) is 0 Å². The van der Waals surface area contributed by atoms with E-state index in [0.717, 1.165) is 12.1 Å². The number of carbonyl (C=O) groups excluding carboxylic acids is 1. The van der Waals surface area contributed by atoms with Crippen LogP contribution in [0.2, 0.25) is 5.02 Å². The van der Waals surface area contributed by atoms with Gasteiger partial charge in [0.25, 0.3) is 5.91 Å². The standard InChI is InChI=1S/C21H19ClN2O5S/c1-3-12-4-6-14(7-5-12)23-21-24-20(27)17(30-21)10-13-8-15(22)19(16(9-13)28-2)29-11-18(25)26/h4-10H,3,11H2,1-2H3,(H,25,26)(H,23,24,27)/b17-10-. The van der Waals surface area contributed by atoms with E-state index in [0.29, 0.717) is 15.6 Å². The maximum Gasteiger partial charge on any atom is 0.341 e. The number of nitrogens with zero attached hydrogens (tertiary/aromatic N) is 1. The highest BCUT2D eigenvalue weighted by Crippen LogP contribution is 2.38. The molecule has 0 unspecified atom stereocenters. The minimum absolute atomic E-state index is 0.130. The fourth-order valence-corrected chi connectivity index (χ4v) is 3.77. The minimum Gasteiger partial charge on any atom is -0.493 e. The average Bonchev–Trinajstić information content (AvgIpc) is 3.05. The number of aryl methyl sites for hydroxylation is 1. The Morgan fingerprint density at radius 2 is 2.03 bits per heavy atom. The van der Waals surface area contributed by atoms with Crippen LogP contribution < -0.4 is 14.8 Å². The van der Waals surface area contributed by atoms with Gasteiger partial charge in [0.1, 0.15) is 0 Å². The van der Waals surface area contributed by atoms with Gasteiger partial charge in [0.15, 0.2) is 23.3 Å². The highest BCUT2D eigenvalue weighted by Gasteiger charge is 2.24. The van der Waals surface area contributed by atoms with Gasteiger partial charge in [-0.05, 0) is 59.7 Å². The first-order chi connectivity index (χ1) is 14.4. The molecule has 30 heavy (non-hydrogen) atoms. The Labute approximate surface area is 182 Å². The number of methoxy groups -OCH3 is 1. The van der Waals surface area contributed by atoms with Gasteiger partial charge in [0.2, 0.25) is 0 Å². The van der Waals surface area contributed by atoms with Gasteiger partial charge in [0, 0.05) is 0 Å². The van der Waals surface area contributed by atoms with Gasteiger partial charge in [-0.15, -0.1) is 0 Å². The number of amides is 1. The SMILES string of the molecule is CCc1ccc(N=C2NC(=O)/C(=C/c3cc(Cl)c(OCC(=O)O)c(OC)c3)S2)cc1. The van der Waals surface area contributed by atoms with Crippen molar-refractivity contribution in [1.82, 2.24) is 5.32 Å². The molecule has 1 aliphatic heterocycles. The molecule has 156 valence electrons. The predicted molar refractivity (Wildman–Crippen MR) is 118 cm³/mol. The minimum atomic E-state index is -1.13. The van der Waals surface area contributed by atoms with E-state index in [2.05, 4.69) is 17.2 Å². The second-order valence-electron chi connectivity index (χ2n) is 6.22. The van der Waals surface area contributed by atoms with Crippen molar-refractivity contribution in [3.8, 4) is 11.5 Å². The summed E-state index contributed by atoms with van der Waals surface area (Å²) in [5, 5.41) is 12.2. The number of halogens is 1. The van der Waals surface area contributed by atoms with Crippen molar-refractivity contribution in [2.24, 2.45) is 4.99 Å². The Balaban J connectivity index is 1.82. The van der Waals surface area contributed by atoms with Crippen LogP contribution >= 0.6 is 23.4 Å². The van der Waals surface area contributed by atoms with Crippen molar-refractivity contribution in [3.05, 3.63) is 57.5 Å². The summed E-state index contributed by atoms with van der Waals surface area (Å²) < 4.78 is 10.4. The molecule has 1 fully saturated rings. The lowest BCUT2D eigenvalue weighted by atomic mass is 10.2. The number of carboxylic acid groups (broad SMARTS) is 1. The second-order valence-corrected chi connectivity index (χ2v) is 7.66. The molecule has 0 spiro atoms. The quantitative estimate of drug-likeness (QED) is 0.616. The normalized spacial score (nSPS) is 16.0. The number of rotatable bonds is 7. The summed E-state index contributed by atoms with van der Waals surface area (Å²) in [6.45, 7) is 1.53. The van der Waals surface area contributed by atoms with Crippen LogP contribution in [0.3, 0.4) is 0 Å². The largest absolute Gasteiger partial charge is 0.493 e. The third kappa shape index (κ3) is 5.34. The van der Waals surface area contributed by atoms with E-state index in [1.807, 2.05) is 24.3 Å². The number of carbonyl (C=O) groups is 2. The van der Waals surface area contributed by atoms with Crippen LogP contribution in [-0.4, -0.2) is 35.9 Å². The predicted octanol–water partition coefficient (Wildman–Crippen LogP) is 4.27. The first kappa shape index (κ1) is 21.7. The molecule has 0 bridgehead atoms. The first-order valence-electron chi connectivity index (χ1n) is 9.00. The van der Waals surface area contributed by atoms with Gasteiger partial charge in [-0.1, -0.05) is 30.7 Å². The number of aliphatic imine (C=N–C) groups is 1. The van der Waals surface area contributed by atoms with E-state index in [9.17, 15) is 9.59 Å². The highest BCUT2D eigenvalue weighted by molar-refractivity contribution is 8.18. The maximum absolute atomic E-state index is 12.3. The van der Waals surface area contributed by atoms with E-state index in [4.69, 9.17) is 26.2 Å². The van der Waals surface area contributed by atoms with E-state index in [-0.39, 0.29) is 22.4 Å². The van der Waals surface area contributed by atoms with Crippen molar-refractivity contribution < 1.29 is 24.2 Å². The Kier molecular flexibility index (Phi) is 7.02. The molecule has 1 aliphatic rings. The summed E-state index contributed by atoms with van der Waals surface area (Å²) in [5.41, 5.74) is 2.57. The van der Waals surface area contributed by atoms with Gasteiger partial charge in [0.05, 0.1) is 22.7 Å². The molecule has 1 heterocycles. The number of benzene rings is 2. The summed E-state index contributed by atoms with van der Waals surface area (Å²) in [6, 6.07) is 11.0. The number of nitrogens with one attached hydrogen (secondary N) is 1. The van der Waals surface area contributed by atoms with Crippen LogP contribution in [0.5, 0.6) is 11.5 Å². The topological polar surface area (TPSA) is 97.2 Å². The molecule has 2 aromatic rings. The molecule has 0 saturated carbocycles. The third-order valence-electron chi connectivity index (χ3n) is 4.12. The van der Waals surface area contributed by atoms with Crippen molar-refractivity contribution in [1.29, 1.82) is 0 Å². The number of amidine groups is 1. The Hall–Kier alpha value is -2.97. The number of hydrogen-bond donors (Lipinski definition) is 2. The van der Waals surface area contributed by atoms with Gasteiger partial charge in [-0.3, -0.25) is 4.79 Å². The molecule has 0 atom stereocenters. The molecular weight excluding hydrogens is 428 g/mol. The number of thioether (sulfide) groups is 1. The lowest BCUT2D eigenvalue weighted by Gasteiger charge is -2.12. The molecule has 1 saturated heterocycles. The lowest BCUT2D eigenvalue weighted by Crippen LogP contribution is -2.19. The van der Waals surface area contributed by atoms with Gasteiger partial charge in [-0.25, -0.2) is 9.79 Å². The van der Waals surface area contributed by atoms with Crippen LogP contribution in [0.1, 0.15) is 18.1 Å². The smallest absolute Gasteiger partial charge is 0.341 e. The number of ether oxygens (including phenoxy) is 2. The van der Waals surface area contributed by atoms with Crippen LogP contribution in [0.4, 0.5) is 5.69 Å². The highest BCUT2D eigenvalue weighted by atomic mass is 35.5. The molecule has 1 amide bonds. The monoisotopic (exact) mass is 446 g/mol. The Morgan fingerprint density at radius 3 is 2.67 bits per heavy atom. The average molecular weight is 447 g/mol. The van der Waals surface area contributed by atoms with E-state index < -0.39 is 12.6 Å². The molecule has 3 rings (SSSR count). The lowest BCUT2D eigenvalue weighted by molar-refractivity contribution is -0.139. The van der Waals surface area contributed by atoms with Crippen molar-refractivity contribution in [2.45, 2.75) is 13.3 Å². The molecule has 0 aliphatic carbocycles. The van der Waals surface area contributed by atoms with Crippen molar-refractivity contribution in [2.75, 3.05) is 13.7 Å². The fourth-order valence-electron chi connectivity index (χ4n) is 2.65. The number of aliphatic carboxylic acids is 1. The molecule has 0 radical (unpaired) electrons. The van der Waals surface area contributed by atoms with Gasteiger partial charge >= 0.3 is 5.97 Å². The summed E-state index contributed by atoms with van der Waals surface area (Å²) in [5.74, 6) is -1.01. The molecular formula is C21H19ClN2O5S. The molecule has 9 heteroatoms. The number of carboxylic acids is 1. The Morgan fingerprint density at radius 1 is 1.30 bits per heavy atom. The van der Waals surface area contributed by atoms with E-state index in [1.165, 1.54) is 24.4 Å². The molecule has 2 aromatic carbocycles. The number of hydrogen-bond acceptors (Lipinski definition) is 6. The van der Waals surface area contributed by atoms with Crippen molar-refractivity contribution >= 4 is 52.2 Å². The molecule has 0 aromatic heterocycles. The zero-order chi connectivity index (χ0) is 21.7. The summed E-state index contributed by atoms with van der Waals surface area (Å²) in [6.07, 6.45) is 2.60. The van der Waals surface area contributed by atoms with Crippen molar-refractivity contribution in [3.63, 3.8) is 0 Å². The fraction of sp³-hybridized carbons (Fsp3) is 0.190. The molecule has 7 nitrogen and oxygen atoms in total. The van der Waals surface area contributed by atoms with Crippen LogP contribution in [0.25, 0.3) is 6.08 Å². The maximum atomic E-state index is 12.3. The zero-order valence-corrected chi connectivity index (χ0v) is 17.8. The first-order valence-corrected chi connectivity index (χ1v) is 10.2. The van der Waals surface area contributed by atoms with E-state index in [1.54, 1.807) is 18.2 Å². The second kappa shape index (κ2) is 9.69. The van der Waals surface area contributed by atoms with Gasteiger partial charge < -0.3 is 19.9 Å². The van der Waals surface area contributed by atoms with Gasteiger partial charge in [-0.2, -0.15) is 0 Å². The van der Waals surface area contributed by atoms with Crippen LogP contribution in [0.15, 0.2) is 46.3 Å². The summed E-state index contributed by atoms with van der Waals surface area (Å²) in [4.78, 5) is 28.0. The summed E-state index contributed by atoms with van der Waals surface area (Å²) >= 11 is 7.43. The van der Waals surface area contributed by atoms with E-state index >= 15 is 0 Å². The summed E-state index contributed by atoms with van der Waals surface area (Å²) in [7, 11) is 1.42.